The highest BCUT2D eigenvalue weighted by Crippen LogP contribution is 2.24. The summed E-state index contributed by atoms with van der Waals surface area (Å²) in [5, 5.41) is 12.5. The van der Waals surface area contributed by atoms with Crippen molar-refractivity contribution in [3.63, 3.8) is 0 Å². The van der Waals surface area contributed by atoms with E-state index in [0.29, 0.717) is 11.5 Å². The van der Waals surface area contributed by atoms with Crippen molar-refractivity contribution in [2.24, 2.45) is 5.92 Å². The standard InChI is InChI=1S/C17H21NO3S/c1-12(2)15(19)10-18-17(20)16-13(8-9-21-16)11-22-14-6-4-3-5-7-14/h3-9,12,15,19H,10-11H2,1-2H3,(H,18,20). The number of carbonyl (C=O) groups is 1. The van der Waals surface area contributed by atoms with Crippen LogP contribution in [0.3, 0.4) is 0 Å². The Labute approximate surface area is 134 Å². The van der Waals surface area contributed by atoms with Crippen LogP contribution in [0.2, 0.25) is 0 Å². The number of aliphatic hydroxyl groups is 1. The van der Waals surface area contributed by atoms with Crippen LogP contribution in [0.5, 0.6) is 0 Å². The third-order valence-corrected chi connectivity index (χ3v) is 4.39. The quantitative estimate of drug-likeness (QED) is 0.769. The lowest BCUT2D eigenvalue weighted by Crippen LogP contribution is -2.34. The van der Waals surface area contributed by atoms with E-state index in [1.165, 1.54) is 6.26 Å². The fourth-order valence-corrected chi connectivity index (χ4v) is 2.74. The molecule has 1 unspecified atom stereocenters. The number of aliphatic hydroxyl groups excluding tert-OH is 1. The van der Waals surface area contributed by atoms with Gasteiger partial charge in [-0.2, -0.15) is 0 Å². The number of thioether (sulfide) groups is 1. The highest BCUT2D eigenvalue weighted by molar-refractivity contribution is 7.98. The van der Waals surface area contributed by atoms with Gasteiger partial charge in [-0.3, -0.25) is 4.79 Å². The van der Waals surface area contributed by atoms with Crippen molar-refractivity contribution in [3.05, 3.63) is 54.0 Å². The SMILES string of the molecule is CC(C)C(O)CNC(=O)c1occc1CSc1ccccc1. The minimum absolute atomic E-state index is 0.102. The van der Waals surface area contributed by atoms with Gasteiger partial charge in [-0.1, -0.05) is 32.0 Å². The van der Waals surface area contributed by atoms with Crippen LogP contribution in [0.15, 0.2) is 52.0 Å². The lowest BCUT2D eigenvalue weighted by molar-refractivity contribution is 0.0846. The second-order valence-corrected chi connectivity index (χ2v) is 6.45. The van der Waals surface area contributed by atoms with Crippen LogP contribution in [0.25, 0.3) is 0 Å². The second kappa shape index (κ2) is 8.06. The molecule has 5 heteroatoms. The molecule has 0 saturated carbocycles. The van der Waals surface area contributed by atoms with E-state index in [4.69, 9.17) is 4.42 Å². The number of hydrogen-bond acceptors (Lipinski definition) is 4. The van der Waals surface area contributed by atoms with Crippen LogP contribution >= 0.6 is 11.8 Å². The largest absolute Gasteiger partial charge is 0.459 e. The van der Waals surface area contributed by atoms with Crippen LogP contribution < -0.4 is 5.32 Å². The third kappa shape index (κ3) is 4.64. The molecule has 1 aromatic carbocycles. The summed E-state index contributed by atoms with van der Waals surface area (Å²) >= 11 is 1.65. The van der Waals surface area contributed by atoms with Crippen LogP contribution in [-0.4, -0.2) is 23.7 Å². The van der Waals surface area contributed by atoms with Gasteiger partial charge in [0.15, 0.2) is 5.76 Å². The van der Waals surface area contributed by atoms with Crippen LogP contribution in [0.1, 0.15) is 30.0 Å². The van der Waals surface area contributed by atoms with Crippen molar-refractivity contribution in [2.75, 3.05) is 6.54 Å². The highest BCUT2D eigenvalue weighted by Gasteiger charge is 2.17. The van der Waals surface area contributed by atoms with E-state index >= 15 is 0 Å². The Morgan fingerprint density at radius 2 is 2.00 bits per heavy atom. The maximum absolute atomic E-state index is 12.1. The molecule has 0 aliphatic carbocycles. The summed E-state index contributed by atoms with van der Waals surface area (Å²) in [5.74, 6) is 0.800. The number of hydrogen-bond donors (Lipinski definition) is 2. The zero-order chi connectivity index (χ0) is 15.9. The first-order chi connectivity index (χ1) is 10.6. The number of benzene rings is 1. The molecule has 0 saturated heterocycles. The molecule has 2 rings (SSSR count). The lowest BCUT2D eigenvalue weighted by Gasteiger charge is -2.14. The Kier molecular flexibility index (Phi) is 6.10. The molecular weight excluding hydrogens is 298 g/mol. The van der Waals surface area contributed by atoms with Gasteiger partial charge >= 0.3 is 0 Å². The molecule has 1 amide bonds. The smallest absolute Gasteiger partial charge is 0.287 e. The predicted molar refractivity (Wildman–Crippen MR) is 87.9 cm³/mol. The predicted octanol–water partition coefficient (Wildman–Crippen LogP) is 3.32. The average molecular weight is 319 g/mol. The number of amides is 1. The lowest BCUT2D eigenvalue weighted by atomic mass is 10.1. The molecule has 0 radical (unpaired) electrons. The van der Waals surface area contributed by atoms with Gasteiger partial charge in [-0.15, -0.1) is 11.8 Å². The molecule has 2 N–H and O–H groups in total. The number of nitrogens with one attached hydrogen (secondary N) is 1. The summed E-state index contributed by atoms with van der Waals surface area (Å²) in [6.07, 6.45) is 0.968. The molecule has 0 bridgehead atoms. The zero-order valence-corrected chi connectivity index (χ0v) is 13.6. The first-order valence-corrected chi connectivity index (χ1v) is 8.27. The summed E-state index contributed by atoms with van der Waals surface area (Å²) in [6.45, 7) is 4.04. The van der Waals surface area contributed by atoms with Gasteiger partial charge in [0.2, 0.25) is 0 Å². The molecule has 4 nitrogen and oxygen atoms in total. The molecule has 0 fully saturated rings. The van der Waals surface area contributed by atoms with Gasteiger partial charge in [-0.25, -0.2) is 0 Å². The van der Waals surface area contributed by atoms with E-state index < -0.39 is 6.10 Å². The van der Waals surface area contributed by atoms with Crippen molar-refractivity contribution < 1.29 is 14.3 Å². The second-order valence-electron chi connectivity index (χ2n) is 5.40. The molecule has 1 aromatic heterocycles. The Hall–Kier alpha value is -1.72. The maximum Gasteiger partial charge on any atom is 0.287 e. The molecular formula is C17H21NO3S. The van der Waals surface area contributed by atoms with E-state index in [0.717, 1.165) is 10.5 Å². The summed E-state index contributed by atoms with van der Waals surface area (Å²) < 4.78 is 5.30. The van der Waals surface area contributed by atoms with E-state index in [2.05, 4.69) is 5.32 Å². The molecule has 0 spiro atoms. The fourth-order valence-electron chi connectivity index (χ4n) is 1.84. The van der Waals surface area contributed by atoms with Crippen LogP contribution in [0, 0.1) is 5.92 Å². The van der Waals surface area contributed by atoms with Gasteiger partial charge in [0.1, 0.15) is 0 Å². The van der Waals surface area contributed by atoms with Crippen molar-refractivity contribution in [3.8, 4) is 0 Å². The summed E-state index contributed by atoms with van der Waals surface area (Å²) in [5.41, 5.74) is 0.852. The topological polar surface area (TPSA) is 62.5 Å². The van der Waals surface area contributed by atoms with Gasteiger partial charge in [0.05, 0.1) is 12.4 Å². The highest BCUT2D eigenvalue weighted by atomic mass is 32.2. The fraction of sp³-hybridized carbons (Fsp3) is 0.353. The van der Waals surface area contributed by atoms with E-state index in [1.807, 2.05) is 50.2 Å². The van der Waals surface area contributed by atoms with Crippen molar-refractivity contribution in [1.29, 1.82) is 0 Å². The minimum atomic E-state index is -0.555. The van der Waals surface area contributed by atoms with Crippen LogP contribution in [0.4, 0.5) is 0 Å². The Morgan fingerprint density at radius 1 is 1.27 bits per heavy atom. The summed E-state index contributed by atoms with van der Waals surface area (Å²) in [4.78, 5) is 13.3. The third-order valence-electron chi connectivity index (χ3n) is 3.33. The molecule has 1 heterocycles. The molecule has 0 aliphatic heterocycles. The Morgan fingerprint density at radius 3 is 2.68 bits per heavy atom. The normalized spacial score (nSPS) is 12.4. The first-order valence-electron chi connectivity index (χ1n) is 7.28. The number of carbonyl (C=O) groups excluding carboxylic acids is 1. The van der Waals surface area contributed by atoms with Crippen molar-refractivity contribution >= 4 is 17.7 Å². The molecule has 1 atom stereocenters. The van der Waals surface area contributed by atoms with Crippen molar-refractivity contribution in [2.45, 2.75) is 30.6 Å². The molecule has 118 valence electrons. The summed E-state index contributed by atoms with van der Waals surface area (Å²) in [7, 11) is 0. The Bertz CT molecular complexity index is 595. The molecule has 0 aliphatic rings. The van der Waals surface area contributed by atoms with Crippen LogP contribution in [-0.2, 0) is 5.75 Å². The van der Waals surface area contributed by atoms with Gasteiger partial charge in [-0.05, 0) is 24.1 Å². The minimum Gasteiger partial charge on any atom is -0.459 e. The van der Waals surface area contributed by atoms with E-state index in [1.54, 1.807) is 11.8 Å². The summed E-state index contributed by atoms with van der Waals surface area (Å²) in [6, 6.07) is 11.8. The number of rotatable bonds is 7. The van der Waals surface area contributed by atoms with Gasteiger partial charge in [0, 0.05) is 22.8 Å². The maximum atomic E-state index is 12.1. The van der Waals surface area contributed by atoms with Crippen molar-refractivity contribution in [1.82, 2.24) is 5.32 Å². The van der Waals surface area contributed by atoms with E-state index in [-0.39, 0.29) is 18.4 Å². The Balaban J connectivity index is 1.92. The monoisotopic (exact) mass is 319 g/mol. The zero-order valence-electron chi connectivity index (χ0n) is 12.8. The first kappa shape index (κ1) is 16.6. The van der Waals surface area contributed by atoms with Gasteiger partial charge in [0.25, 0.3) is 5.91 Å². The molecule has 22 heavy (non-hydrogen) atoms. The average Bonchev–Trinajstić information content (AvgIpc) is 2.99. The van der Waals surface area contributed by atoms with E-state index in [9.17, 15) is 9.90 Å². The number of furan rings is 1. The van der Waals surface area contributed by atoms with Gasteiger partial charge < -0.3 is 14.8 Å². The molecule has 2 aromatic rings.